The van der Waals surface area contributed by atoms with Gasteiger partial charge in [-0.2, -0.15) is 0 Å². The fourth-order valence-corrected chi connectivity index (χ4v) is 5.00. The summed E-state index contributed by atoms with van der Waals surface area (Å²) in [6, 6.07) is 4.90. The number of nitrogens with zero attached hydrogens (tertiary/aromatic N) is 1. The zero-order valence-electron chi connectivity index (χ0n) is 13.1. The Kier molecular flexibility index (Phi) is 4.33. The Balaban J connectivity index is 1.90. The summed E-state index contributed by atoms with van der Waals surface area (Å²) in [5.41, 5.74) is 1.14. The number of anilines is 1. The minimum absolute atomic E-state index is 0.0444. The molecule has 23 heavy (non-hydrogen) atoms. The molecule has 0 spiro atoms. The van der Waals surface area contributed by atoms with E-state index in [9.17, 15) is 18.3 Å². The van der Waals surface area contributed by atoms with Crippen LogP contribution in [0, 0.1) is 5.92 Å². The van der Waals surface area contributed by atoms with E-state index in [2.05, 4.69) is 0 Å². The lowest BCUT2D eigenvalue weighted by Crippen LogP contribution is -2.38. The Morgan fingerprint density at radius 3 is 2.78 bits per heavy atom. The molecule has 0 bridgehead atoms. The van der Waals surface area contributed by atoms with Crippen LogP contribution in [0.4, 0.5) is 5.69 Å². The molecule has 0 radical (unpaired) electrons. The van der Waals surface area contributed by atoms with Gasteiger partial charge < -0.3 is 9.84 Å². The smallest absolute Gasteiger partial charge is 0.337 e. The van der Waals surface area contributed by atoms with E-state index in [1.165, 1.54) is 10.4 Å². The van der Waals surface area contributed by atoms with Crippen molar-refractivity contribution in [2.45, 2.75) is 32.3 Å². The van der Waals surface area contributed by atoms with Gasteiger partial charge in [0.25, 0.3) is 0 Å². The molecule has 3 rings (SSSR count). The summed E-state index contributed by atoms with van der Waals surface area (Å²) in [6.45, 7) is 2.63. The molecule has 0 aromatic heterocycles. The molecule has 1 N–H and O–H groups in total. The molecule has 6 nitrogen and oxygen atoms in total. The molecule has 1 aliphatic heterocycles. The molecule has 1 saturated carbocycles. The number of carboxylic acid groups (broad SMARTS) is 1. The standard InChI is InChI=1S/C16H21NO5S/c1-2-22-14(11-6-7-11)10-23(20,21)17-9-8-12-4-3-5-13(15(12)17)16(18)19/h3-5,11,14H,2,6-10H2,1H3,(H,18,19). The summed E-state index contributed by atoms with van der Waals surface area (Å²) in [5, 5.41) is 9.35. The van der Waals surface area contributed by atoms with Crippen LogP contribution in [0.25, 0.3) is 0 Å². The Hall–Kier alpha value is -1.60. The number of sulfonamides is 1. The first-order valence-corrected chi connectivity index (χ1v) is 9.52. The highest BCUT2D eigenvalue weighted by molar-refractivity contribution is 7.92. The van der Waals surface area contributed by atoms with Crippen molar-refractivity contribution in [2.75, 3.05) is 23.2 Å². The molecule has 1 heterocycles. The first-order chi connectivity index (χ1) is 10.9. The zero-order valence-corrected chi connectivity index (χ0v) is 13.9. The predicted molar refractivity (Wildman–Crippen MR) is 86.4 cm³/mol. The molecular formula is C16H21NO5S. The molecule has 1 aromatic carbocycles. The Morgan fingerprint density at radius 2 is 2.17 bits per heavy atom. The lowest BCUT2D eigenvalue weighted by Gasteiger charge is -2.24. The van der Waals surface area contributed by atoms with E-state index in [0.717, 1.165) is 18.4 Å². The van der Waals surface area contributed by atoms with Gasteiger partial charge in [-0.1, -0.05) is 12.1 Å². The van der Waals surface area contributed by atoms with Crippen LogP contribution in [0.1, 0.15) is 35.7 Å². The van der Waals surface area contributed by atoms with Gasteiger partial charge in [0.15, 0.2) is 0 Å². The van der Waals surface area contributed by atoms with Gasteiger partial charge in [-0.3, -0.25) is 4.31 Å². The third-order valence-corrected chi connectivity index (χ3v) is 6.21. The molecule has 1 aromatic rings. The van der Waals surface area contributed by atoms with Gasteiger partial charge in [0.05, 0.1) is 23.1 Å². The van der Waals surface area contributed by atoms with E-state index in [0.29, 0.717) is 31.2 Å². The second-order valence-electron chi connectivity index (χ2n) is 6.05. The fraction of sp³-hybridized carbons (Fsp3) is 0.562. The minimum atomic E-state index is -3.61. The first kappa shape index (κ1) is 16.3. The number of fused-ring (bicyclic) bond motifs is 1. The Labute approximate surface area is 136 Å². The number of hydrogen-bond acceptors (Lipinski definition) is 4. The van der Waals surface area contributed by atoms with Crippen LogP contribution in [-0.2, 0) is 21.2 Å². The minimum Gasteiger partial charge on any atom is -0.478 e. The topological polar surface area (TPSA) is 83.9 Å². The average molecular weight is 339 g/mol. The Bertz CT molecular complexity index is 711. The summed E-state index contributed by atoms with van der Waals surface area (Å²) in [6.07, 6.45) is 2.23. The zero-order chi connectivity index (χ0) is 16.6. The van der Waals surface area contributed by atoms with Crippen molar-refractivity contribution in [1.29, 1.82) is 0 Å². The van der Waals surface area contributed by atoms with Crippen LogP contribution in [0.5, 0.6) is 0 Å². The van der Waals surface area contributed by atoms with Crippen molar-refractivity contribution in [2.24, 2.45) is 5.92 Å². The van der Waals surface area contributed by atoms with Crippen LogP contribution in [0.2, 0.25) is 0 Å². The largest absolute Gasteiger partial charge is 0.478 e. The maximum Gasteiger partial charge on any atom is 0.337 e. The van der Waals surface area contributed by atoms with Gasteiger partial charge in [0, 0.05) is 13.2 Å². The van der Waals surface area contributed by atoms with Crippen molar-refractivity contribution in [3.8, 4) is 0 Å². The summed E-state index contributed by atoms with van der Waals surface area (Å²) in [5.74, 6) is -0.882. The second kappa shape index (κ2) is 6.13. The highest BCUT2D eigenvalue weighted by atomic mass is 32.2. The van der Waals surface area contributed by atoms with Crippen molar-refractivity contribution in [3.63, 3.8) is 0 Å². The molecule has 0 saturated heterocycles. The first-order valence-electron chi connectivity index (χ1n) is 7.91. The summed E-state index contributed by atoms with van der Waals surface area (Å²) in [7, 11) is -3.61. The number of carboxylic acids is 1. The van der Waals surface area contributed by atoms with Crippen LogP contribution >= 0.6 is 0 Å². The number of hydrogen-bond donors (Lipinski definition) is 1. The summed E-state index contributed by atoms with van der Waals surface area (Å²) in [4.78, 5) is 11.4. The monoisotopic (exact) mass is 339 g/mol. The van der Waals surface area contributed by atoms with E-state index in [-0.39, 0.29) is 17.4 Å². The van der Waals surface area contributed by atoms with Crippen molar-refractivity contribution < 1.29 is 23.1 Å². The molecule has 7 heteroatoms. The number of aromatic carboxylic acids is 1. The molecule has 1 unspecified atom stereocenters. The van der Waals surface area contributed by atoms with Gasteiger partial charge in [-0.25, -0.2) is 13.2 Å². The lowest BCUT2D eigenvalue weighted by molar-refractivity contribution is 0.0631. The van der Waals surface area contributed by atoms with E-state index in [4.69, 9.17) is 4.74 Å². The number of para-hydroxylation sites is 1. The van der Waals surface area contributed by atoms with Crippen LogP contribution in [-0.4, -0.2) is 44.5 Å². The van der Waals surface area contributed by atoms with Crippen molar-refractivity contribution >= 4 is 21.7 Å². The maximum atomic E-state index is 12.8. The van der Waals surface area contributed by atoms with E-state index in [1.807, 2.05) is 6.92 Å². The van der Waals surface area contributed by atoms with Crippen LogP contribution in [0.3, 0.4) is 0 Å². The second-order valence-corrected chi connectivity index (χ2v) is 7.99. The lowest BCUT2D eigenvalue weighted by atomic mass is 10.1. The number of ether oxygens (including phenoxy) is 1. The maximum absolute atomic E-state index is 12.8. The number of benzene rings is 1. The molecule has 1 fully saturated rings. The number of rotatable bonds is 7. The van der Waals surface area contributed by atoms with Gasteiger partial charge in [-0.05, 0) is 43.7 Å². The van der Waals surface area contributed by atoms with Crippen LogP contribution < -0.4 is 4.31 Å². The average Bonchev–Trinajstić information content (AvgIpc) is 3.24. The van der Waals surface area contributed by atoms with Gasteiger partial charge in [0.2, 0.25) is 10.0 Å². The molecule has 126 valence electrons. The third-order valence-electron chi connectivity index (χ3n) is 4.42. The van der Waals surface area contributed by atoms with Gasteiger partial charge in [-0.15, -0.1) is 0 Å². The fourth-order valence-electron chi connectivity index (χ4n) is 3.17. The molecular weight excluding hydrogens is 318 g/mol. The highest BCUT2D eigenvalue weighted by Crippen LogP contribution is 2.38. The predicted octanol–water partition coefficient (Wildman–Crippen LogP) is 1.89. The summed E-state index contributed by atoms with van der Waals surface area (Å²) >= 11 is 0. The highest BCUT2D eigenvalue weighted by Gasteiger charge is 2.39. The quantitative estimate of drug-likeness (QED) is 0.820. The van der Waals surface area contributed by atoms with E-state index >= 15 is 0 Å². The van der Waals surface area contributed by atoms with E-state index < -0.39 is 16.0 Å². The number of carbonyl (C=O) groups is 1. The van der Waals surface area contributed by atoms with Crippen molar-refractivity contribution in [3.05, 3.63) is 29.3 Å². The van der Waals surface area contributed by atoms with E-state index in [1.54, 1.807) is 12.1 Å². The molecule has 1 atom stereocenters. The normalized spacial score (nSPS) is 18.7. The molecule has 0 amide bonds. The molecule has 2 aliphatic rings. The summed E-state index contributed by atoms with van der Waals surface area (Å²) < 4.78 is 32.6. The molecule has 1 aliphatic carbocycles. The van der Waals surface area contributed by atoms with Crippen molar-refractivity contribution in [1.82, 2.24) is 0 Å². The van der Waals surface area contributed by atoms with Gasteiger partial charge in [0.1, 0.15) is 0 Å². The SMILES string of the molecule is CCOC(CS(=O)(=O)N1CCc2cccc(C(=O)O)c21)C1CC1. The Morgan fingerprint density at radius 1 is 1.43 bits per heavy atom. The van der Waals surface area contributed by atoms with Crippen LogP contribution in [0.15, 0.2) is 18.2 Å². The van der Waals surface area contributed by atoms with Gasteiger partial charge >= 0.3 is 5.97 Å². The third kappa shape index (κ3) is 3.21.